The number of alkyl halides is 3. The van der Waals surface area contributed by atoms with Gasteiger partial charge in [0.15, 0.2) is 5.69 Å². The SMILES string of the molecule is C=C(N1CCC2(CCN(Cc3cccc(C(F)(F)F)c3Cl)C2)CC1)n1ccc(C(=O)O)n1. The van der Waals surface area contributed by atoms with Crippen molar-refractivity contribution in [1.82, 2.24) is 19.6 Å². The highest BCUT2D eigenvalue weighted by atomic mass is 35.5. The molecule has 2 fully saturated rings. The molecule has 1 aromatic carbocycles. The Morgan fingerprint density at radius 1 is 1.19 bits per heavy atom. The molecule has 1 aromatic heterocycles. The van der Waals surface area contributed by atoms with Crippen LogP contribution in [0.3, 0.4) is 0 Å². The van der Waals surface area contributed by atoms with Gasteiger partial charge in [-0.3, -0.25) is 4.90 Å². The molecular weight excluding hydrogens is 445 g/mol. The summed E-state index contributed by atoms with van der Waals surface area (Å²) in [6.07, 6.45) is -0.0484. The predicted octanol–water partition coefficient (Wildman–Crippen LogP) is 4.67. The van der Waals surface area contributed by atoms with Crippen molar-refractivity contribution in [3.05, 3.63) is 58.9 Å². The molecule has 0 unspecified atom stereocenters. The average Bonchev–Trinajstić information content (AvgIpc) is 3.37. The number of nitrogens with zero attached hydrogens (tertiary/aromatic N) is 4. The number of halogens is 4. The molecule has 3 heterocycles. The number of hydrogen-bond donors (Lipinski definition) is 1. The van der Waals surface area contributed by atoms with E-state index < -0.39 is 17.7 Å². The number of carbonyl (C=O) groups is 1. The second-order valence-electron chi connectivity index (χ2n) is 8.59. The minimum atomic E-state index is -4.46. The number of carboxylic acid groups (broad SMARTS) is 1. The fraction of sp³-hybridized carbons (Fsp3) is 0.455. The van der Waals surface area contributed by atoms with Crippen molar-refractivity contribution in [2.75, 3.05) is 26.2 Å². The number of aromatic nitrogens is 2. The van der Waals surface area contributed by atoms with E-state index in [9.17, 15) is 18.0 Å². The Labute approximate surface area is 188 Å². The van der Waals surface area contributed by atoms with Gasteiger partial charge in [-0.25, -0.2) is 9.48 Å². The molecule has 0 bridgehead atoms. The summed E-state index contributed by atoms with van der Waals surface area (Å²) in [5.74, 6) is -0.445. The first kappa shape index (κ1) is 22.7. The highest BCUT2D eigenvalue weighted by Gasteiger charge is 2.41. The molecule has 2 saturated heterocycles. The van der Waals surface area contributed by atoms with E-state index in [0.29, 0.717) is 17.9 Å². The minimum Gasteiger partial charge on any atom is -0.476 e. The largest absolute Gasteiger partial charge is 0.476 e. The van der Waals surface area contributed by atoms with E-state index in [1.807, 2.05) is 0 Å². The third kappa shape index (κ3) is 4.49. The number of rotatable bonds is 5. The first-order valence-corrected chi connectivity index (χ1v) is 10.8. The van der Waals surface area contributed by atoms with Crippen molar-refractivity contribution in [2.24, 2.45) is 5.41 Å². The number of carboxylic acids is 1. The van der Waals surface area contributed by atoms with Gasteiger partial charge in [-0.1, -0.05) is 30.3 Å². The van der Waals surface area contributed by atoms with Crippen LogP contribution in [-0.2, 0) is 12.7 Å². The van der Waals surface area contributed by atoms with Gasteiger partial charge in [-0.15, -0.1) is 0 Å². The second-order valence-corrected chi connectivity index (χ2v) is 8.97. The fourth-order valence-corrected chi connectivity index (χ4v) is 4.99. The van der Waals surface area contributed by atoms with Gasteiger partial charge in [0.25, 0.3) is 0 Å². The van der Waals surface area contributed by atoms with Crippen molar-refractivity contribution < 1.29 is 23.1 Å². The monoisotopic (exact) mass is 468 g/mol. The highest BCUT2D eigenvalue weighted by Crippen LogP contribution is 2.42. The fourth-order valence-electron chi connectivity index (χ4n) is 4.70. The first-order valence-electron chi connectivity index (χ1n) is 10.4. The Morgan fingerprint density at radius 2 is 1.88 bits per heavy atom. The molecule has 2 aliphatic heterocycles. The lowest BCUT2D eigenvalue weighted by atomic mass is 9.78. The van der Waals surface area contributed by atoms with Gasteiger partial charge in [0.05, 0.1) is 10.6 Å². The zero-order chi connectivity index (χ0) is 23.1. The van der Waals surface area contributed by atoms with Crippen LogP contribution in [0.4, 0.5) is 13.2 Å². The van der Waals surface area contributed by atoms with Crippen molar-refractivity contribution in [3.8, 4) is 0 Å². The Hall–Kier alpha value is -2.52. The molecule has 32 heavy (non-hydrogen) atoms. The van der Waals surface area contributed by atoms with Crippen LogP contribution >= 0.6 is 11.6 Å². The number of piperidine rings is 1. The van der Waals surface area contributed by atoms with Crippen LogP contribution in [0, 0.1) is 5.41 Å². The lowest BCUT2D eigenvalue weighted by Crippen LogP contribution is -2.41. The van der Waals surface area contributed by atoms with Gasteiger partial charge >= 0.3 is 12.1 Å². The Balaban J connectivity index is 1.36. The van der Waals surface area contributed by atoms with E-state index in [4.69, 9.17) is 16.7 Å². The van der Waals surface area contributed by atoms with Gasteiger partial charge < -0.3 is 10.0 Å². The summed E-state index contributed by atoms with van der Waals surface area (Å²) >= 11 is 6.07. The first-order chi connectivity index (χ1) is 15.1. The standard InChI is InChI=1S/C22H24ClF3N4O2/c1-15(30-9-5-18(27-30)20(31)32)29-11-7-21(8-12-29)6-10-28(14-21)13-16-3-2-4-17(19(16)23)22(24,25)26/h2-5,9H,1,6-8,10-14H2,(H,31,32). The third-order valence-corrected chi connectivity index (χ3v) is 7.00. The Morgan fingerprint density at radius 3 is 2.50 bits per heavy atom. The second kappa shape index (κ2) is 8.44. The van der Waals surface area contributed by atoms with Crippen LogP contribution in [0.1, 0.15) is 40.9 Å². The van der Waals surface area contributed by atoms with Crippen molar-refractivity contribution in [2.45, 2.75) is 32.0 Å². The molecule has 4 rings (SSSR count). The molecule has 1 N–H and O–H groups in total. The van der Waals surface area contributed by atoms with Gasteiger partial charge in [-0.2, -0.15) is 18.3 Å². The topological polar surface area (TPSA) is 61.6 Å². The van der Waals surface area contributed by atoms with Gasteiger partial charge in [0.1, 0.15) is 5.82 Å². The van der Waals surface area contributed by atoms with E-state index in [1.54, 1.807) is 12.3 Å². The molecule has 6 nitrogen and oxygen atoms in total. The predicted molar refractivity (Wildman–Crippen MR) is 114 cm³/mol. The molecular formula is C22H24ClF3N4O2. The lowest BCUT2D eigenvalue weighted by Gasteiger charge is -2.41. The van der Waals surface area contributed by atoms with E-state index in [2.05, 4.69) is 21.5 Å². The van der Waals surface area contributed by atoms with Crippen LogP contribution in [0.25, 0.3) is 5.82 Å². The van der Waals surface area contributed by atoms with Crippen LogP contribution in [0.15, 0.2) is 37.0 Å². The Kier molecular flexibility index (Phi) is 5.98. The molecule has 0 radical (unpaired) electrons. The van der Waals surface area contributed by atoms with Crippen LogP contribution in [0.5, 0.6) is 0 Å². The van der Waals surface area contributed by atoms with Gasteiger partial charge in [0.2, 0.25) is 0 Å². The number of hydrogen-bond acceptors (Lipinski definition) is 4. The molecule has 0 atom stereocenters. The maximum Gasteiger partial charge on any atom is 0.417 e. The zero-order valence-electron chi connectivity index (χ0n) is 17.4. The zero-order valence-corrected chi connectivity index (χ0v) is 18.2. The number of likely N-dealkylation sites (tertiary alicyclic amines) is 2. The van der Waals surface area contributed by atoms with E-state index in [1.165, 1.54) is 16.8 Å². The lowest BCUT2D eigenvalue weighted by molar-refractivity contribution is -0.137. The average molecular weight is 469 g/mol. The third-order valence-electron chi connectivity index (χ3n) is 6.56. The van der Waals surface area contributed by atoms with E-state index in [0.717, 1.165) is 51.5 Å². The summed E-state index contributed by atoms with van der Waals surface area (Å²) in [5.41, 5.74) is -0.208. The summed E-state index contributed by atoms with van der Waals surface area (Å²) < 4.78 is 40.9. The Bertz CT molecular complexity index is 1030. The summed E-state index contributed by atoms with van der Waals surface area (Å²) in [6, 6.07) is 5.52. The molecule has 2 aliphatic rings. The molecule has 172 valence electrons. The molecule has 0 aliphatic carbocycles. The summed E-state index contributed by atoms with van der Waals surface area (Å²) in [4.78, 5) is 15.3. The summed E-state index contributed by atoms with van der Waals surface area (Å²) in [5, 5.41) is 12.9. The normalized spacial score (nSPS) is 18.9. The minimum absolute atomic E-state index is 0.0284. The summed E-state index contributed by atoms with van der Waals surface area (Å²) in [7, 11) is 0. The van der Waals surface area contributed by atoms with Crippen molar-refractivity contribution in [3.63, 3.8) is 0 Å². The molecule has 1 spiro atoms. The highest BCUT2D eigenvalue weighted by molar-refractivity contribution is 6.32. The molecule has 2 aromatic rings. The molecule has 0 saturated carbocycles. The summed E-state index contributed by atoms with van der Waals surface area (Å²) in [6.45, 7) is 7.61. The van der Waals surface area contributed by atoms with Gasteiger partial charge in [0, 0.05) is 32.4 Å². The van der Waals surface area contributed by atoms with E-state index >= 15 is 0 Å². The van der Waals surface area contributed by atoms with Crippen LogP contribution in [0.2, 0.25) is 5.02 Å². The number of benzene rings is 1. The maximum absolute atomic E-state index is 13.1. The van der Waals surface area contributed by atoms with Crippen molar-refractivity contribution in [1.29, 1.82) is 0 Å². The van der Waals surface area contributed by atoms with Crippen molar-refractivity contribution >= 4 is 23.4 Å². The van der Waals surface area contributed by atoms with E-state index in [-0.39, 0.29) is 16.1 Å². The van der Waals surface area contributed by atoms with Crippen LogP contribution < -0.4 is 0 Å². The smallest absolute Gasteiger partial charge is 0.417 e. The quantitative estimate of drug-likeness (QED) is 0.691. The van der Waals surface area contributed by atoms with Crippen LogP contribution in [-0.4, -0.2) is 56.8 Å². The molecule has 10 heteroatoms. The number of aromatic carboxylic acids is 1. The molecule has 0 amide bonds. The maximum atomic E-state index is 13.1. The van der Waals surface area contributed by atoms with Gasteiger partial charge in [-0.05, 0) is 48.9 Å².